The van der Waals surface area contributed by atoms with Crippen LogP contribution in [0.3, 0.4) is 0 Å². The molecule has 1 aromatic carbocycles. The van der Waals surface area contributed by atoms with Gasteiger partial charge in [0.2, 0.25) is 0 Å². The number of aliphatic hydroxyl groups is 2. The Bertz CT molecular complexity index is 316. The van der Waals surface area contributed by atoms with Gasteiger partial charge in [0, 0.05) is 11.4 Å². The summed E-state index contributed by atoms with van der Waals surface area (Å²) in [7, 11) is 0. The number of halogens is 2. The normalized spacial score (nSPS) is 10.7. The molecular formula is C10H12Cl2O3. The number of benzene rings is 1. The molecule has 0 unspecified atom stereocenters. The van der Waals surface area contributed by atoms with Crippen LogP contribution in [-0.2, 0) is 0 Å². The summed E-state index contributed by atoms with van der Waals surface area (Å²) in [6, 6.07) is 4.96. The molecule has 0 saturated carbocycles. The van der Waals surface area contributed by atoms with E-state index in [1.165, 1.54) is 0 Å². The van der Waals surface area contributed by atoms with E-state index < -0.39 is 6.29 Å². The molecule has 0 atom stereocenters. The Hall–Kier alpha value is -0.480. The van der Waals surface area contributed by atoms with Crippen molar-refractivity contribution in [3.63, 3.8) is 0 Å². The zero-order valence-electron chi connectivity index (χ0n) is 7.99. The van der Waals surface area contributed by atoms with Crippen LogP contribution in [0.5, 0.6) is 5.75 Å². The van der Waals surface area contributed by atoms with Crippen molar-refractivity contribution >= 4 is 23.2 Å². The van der Waals surface area contributed by atoms with Gasteiger partial charge in [-0.3, -0.25) is 0 Å². The lowest BCUT2D eigenvalue weighted by molar-refractivity contribution is -0.0479. The quantitative estimate of drug-likeness (QED) is 0.624. The first kappa shape index (κ1) is 12.6. The smallest absolute Gasteiger partial charge is 0.151 e. The van der Waals surface area contributed by atoms with Crippen molar-refractivity contribution in [3.05, 3.63) is 28.2 Å². The lowest BCUT2D eigenvalue weighted by Crippen LogP contribution is -2.07. The summed E-state index contributed by atoms with van der Waals surface area (Å²) in [4.78, 5) is 0. The molecule has 0 amide bonds. The predicted molar refractivity (Wildman–Crippen MR) is 59.4 cm³/mol. The minimum atomic E-state index is -1.28. The first-order valence-electron chi connectivity index (χ1n) is 4.53. The maximum atomic E-state index is 8.60. The van der Waals surface area contributed by atoms with Crippen LogP contribution in [0.4, 0.5) is 0 Å². The second-order valence-corrected chi connectivity index (χ2v) is 3.89. The number of aliphatic hydroxyl groups excluding tert-OH is 1. The lowest BCUT2D eigenvalue weighted by atomic mass is 10.3. The van der Waals surface area contributed by atoms with Gasteiger partial charge in [0.25, 0.3) is 0 Å². The maximum Gasteiger partial charge on any atom is 0.151 e. The Morgan fingerprint density at radius 1 is 1.27 bits per heavy atom. The summed E-state index contributed by atoms with van der Waals surface area (Å²) >= 11 is 11.6. The van der Waals surface area contributed by atoms with Crippen LogP contribution in [0.2, 0.25) is 10.0 Å². The molecule has 0 aliphatic heterocycles. The lowest BCUT2D eigenvalue weighted by Gasteiger charge is -2.08. The fraction of sp³-hybridized carbons (Fsp3) is 0.400. The van der Waals surface area contributed by atoms with Crippen molar-refractivity contribution in [3.8, 4) is 5.75 Å². The van der Waals surface area contributed by atoms with E-state index in [-0.39, 0.29) is 6.42 Å². The first-order valence-corrected chi connectivity index (χ1v) is 5.29. The Kier molecular flexibility index (Phi) is 5.19. The van der Waals surface area contributed by atoms with Crippen molar-refractivity contribution in [2.45, 2.75) is 19.1 Å². The molecule has 0 spiro atoms. The first-order chi connectivity index (χ1) is 7.09. The molecule has 1 aromatic rings. The van der Waals surface area contributed by atoms with Crippen molar-refractivity contribution in [2.75, 3.05) is 6.61 Å². The largest absolute Gasteiger partial charge is 0.492 e. The summed E-state index contributed by atoms with van der Waals surface area (Å²) in [6.45, 7) is 0.388. The Morgan fingerprint density at radius 3 is 2.60 bits per heavy atom. The van der Waals surface area contributed by atoms with E-state index in [0.29, 0.717) is 28.8 Å². The van der Waals surface area contributed by atoms with Gasteiger partial charge in [-0.05, 0) is 24.6 Å². The van der Waals surface area contributed by atoms with Crippen molar-refractivity contribution in [2.24, 2.45) is 0 Å². The average molecular weight is 251 g/mol. The van der Waals surface area contributed by atoms with E-state index in [1.54, 1.807) is 18.2 Å². The van der Waals surface area contributed by atoms with Gasteiger partial charge in [0.1, 0.15) is 5.75 Å². The van der Waals surface area contributed by atoms with E-state index in [9.17, 15) is 0 Å². The Balaban J connectivity index is 2.37. The van der Waals surface area contributed by atoms with Gasteiger partial charge in [-0.25, -0.2) is 0 Å². The number of ether oxygens (including phenoxy) is 1. The van der Waals surface area contributed by atoms with Crippen molar-refractivity contribution < 1.29 is 14.9 Å². The van der Waals surface area contributed by atoms with Crippen LogP contribution in [0, 0.1) is 0 Å². The summed E-state index contributed by atoms with van der Waals surface area (Å²) < 4.78 is 5.33. The molecule has 0 fully saturated rings. The van der Waals surface area contributed by atoms with Gasteiger partial charge in [0.05, 0.1) is 11.6 Å². The van der Waals surface area contributed by atoms with Crippen LogP contribution in [-0.4, -0.2) is 23.1 Å². The van der Waals surface area contributed by atoms with Crippen LogP contribution in [0.1, 0.15) is 12.8 Å². The highest BCUT2D eigenvalue weighted by atomic mass is 35.5. The molecule has 0 aliphatic carbocycles. The number of hydrogen-bond acceptors (Lipinski definition) is 3. The van der Waals surface area contributed by atoms with E-state index >= 15 is 0 Å². The number of rotatable bonds is 5. The molecule has 84 valence electrons. The van der Waals surface area contributed by atoms with Crippen LogP contribution >= 0.6 is 23.2 Å². The third-order valence-corrected chi connectivity index (χ3v) is 2.29. The highest BCUT2D eigenvalue weighted by Gasteiger charge is 2.02. The topological polar surface area (TPSA) is 49.7 Å². The predicted octanol–water partition coefficient (Wildman–Crippen LogP) is 2.46. The van der Waals surface area contributed by atoms with Gasteiger partial charge in [-0.2, -0.15) is 0 Å². The van der Waals surface area contributed by atoms with E-state index in [0.717, 1.165) is 0 Å². The summed E-state index contributed by atoms with van der Waals surface area (Å²) in [5, 5.41) is 18.2. The average Bonchev–Trinajstić information content (AvgIpc) is 2.14. The molecule has 0 heterocycles. The molecule has 15 heavy (non-hydrogen) atoms. The monoisotopic (exact) mass is 250 g/mol. The summed E-state index contributed by atoms with van der Waals surface area (Å²) in [6.07, 6.45) is -0.448. The highest BCUT2D eigenvalue weighted by Crippen LogP contribution is 2.27. The van der Waals surface area contributed by atoms with Crippen LogP contribution in [0.25, 0.3) is 0 Å². The third kappa shape index (κ3) is 4.71. The zero-order valence-corrected chi connectivity index (χ0v) is 9.50. The third-order valence-electron chi connectivity index (χ3n) is 1.76. The summed E-state index contributed by atoms with van der Waals surface area (Å²) in [5.74, 6) is 0.550. The second kappa shape index (κ2) is 6.18. The number of hydrogen-bond donors (Lipinski definition) is 2. The molecule has 1 rings (SSSR count). The molecular weight excluding hydrogens is 239 g/mol. The molecule has 3 nitrogen and oxygen atoms in total. The second-order valence-electron chi connectivity index (χ2n) is 3.05. The van der Waals surface area contributed by atoms with Gasteiger partial charge in [0.15, 0.2) is 6.29 Å². The molecule has 0 aliphatic rings. The summed E-state index contributed by atoms with van der Waals surface area (Å²) in [5.41, 5.74) is 0. The molecule has 0 aromatic heterocycles. The van der Waals surface area contributed by atoms with E-state index in [4.69, 9.17) is 38.2 Å². The van der Waals surface area contributed by atoms with Gasteiger partial charge in [-0.15, -0.1) is 0 Å². The molecule has 5 heteroatoms. The minimum absolute atomic E-state index is 0.283. The van der Waals surface area contributed by atoms with Crippen LogP contribution < -0.4 is 4.74 Å². The Morgan fingerprint density at radius 2 is 2.00 bits per heavy atom. The highest BCUT2D eigenvalue weighted by molar-refractivity contribution is 6.35. The minimum Gasteiger partial charge on any atom is -0.492 e. The molecule has 0 saturated heterocycles. The van der Waals surface area contributed by atoms with Crippen molar-refractivity contribution in [1.29, 1.82) is 0 Å². The molecule has 2 N–H and O–H groups in total. The SMILES string of the molecule is OC(O)CCCOc1ccc(Cl)cc1Cl. The van der Waals surface area contributed by atoms with Gasteiger partial charge < -0.3 is 14.9 Å². The van der Waals surface area contributed by atoms with Crippen LogP contribution in [0.15, 0.2) is 18.2 Å². The zero-order chi connectivity index (χ0) is 11.3. The fourth-order valence-electron chi connectivity index (χ4n) is 1.04. The molecule has 0 radical (unpaired) electrons. The standard InChI is InChI=1S/C10H12Cl2O3/c11-7-3-4-9(8(12)6-7)15-5-1-2-10(13)14/h3-4,6,10,13-14H,1-2,5H2. The van der Waals surface area contributed by atoms with E-state index in [2.05, 4.69) is 0 Å². The van der Waals surface area contributed by atoms with Crippen molar-refractivity contribution in [1.82, 2.24) is 0 Å². The van der Waals surface area contributed by atoms with E-state index in [1.807, 2.05) is 0 Å². The molecule has 0 bridgehead atoms. The Labute approximate surface area is 98.2 Å². The van der Waals surface area contributed by atoms with Gasteiger partial charge in [-0.1, -0.05) is 23.2 Å². The maximum absolute atomic E-state index is 8.60. The van der Waals surface area contributed by atoms with Gasteiger partial charge >= 0.3 is 0 Å². The fourth-order valence-corrected chi connectivity index (χ4v) is 1.50.